The largest absolute Gasteiger partial charge is 0.303 e. The summed E-state index contributed by atoms with van der Waals surface area (Å²) in [6.07, 6.45) is 8.88. The lowest BCUT2D eigenvalue weighted by Gasteiger charge is -2.45. The van der Waals surface area contributed by atoms with Crippen molar-refractivity contribution in [1.29, 1.82) is 0 Å². The van der Waals surface area contributed by atoms with Gasteiger partial charge in [-0.25, -0.2) is 0 Å². The number of hydrogen-bond acceptors (Lipinski definition) is 1. The summed E-state index contributed by atoms with van der Waals surface area (Å²) in [6, 6.07) is 0. The molecule has 4 unspecified atom stereocenters. The second-order valence-electron chi connectivity index (χ2n) is 6.55. The van der Waals surface area contributed by atoms with E-state index < -0.39 is 0 Å². The molecule has 0 amide bonds. The zero-order valence-corrected chi connectivity index (χ0v) is 13.0. The van der Waals surface area contributed by atoms with Crippen LogP contribution in [0.4, 0.5) is 0 Å². The third-order valence-corrected chi connectivity index (χ3v) is 5.70. The summed E-state index contributed by atoms with van der Waals surface area (Å²) in [5, 5.41) is 0. The van der Waals surface area contributed by atoms with E-state index in [-0.39, 0.29) is 0 Å². The van der Waals surface area contributed by atoms with E-state index in [0.29, 0.717) is 11.3 Å². The number of hydrogen-bond donors (Lipinski definition) is 0. The third kappa shape index (κ3) is 2.81. The Morgan fingerprint density at radius 2 is 1.94 bits per heavy atom. The molecule has 0 spiro atoms. The normalized spacial score (nSPS) is 40.4. The highest BCUT2D eigenvalue weighted by molar-refractivity contribution is 5.49. The van der Waals surface area contributed by atoms with Crippen molar-refractivity contribution in [3.05, 3.63) is 0 Å². The molecule has 0 aromatic carbocycles. The topological polar surface area (TPSA) is 17.1 Å². The first kappa shape index (κ1) is 15.7. The number of rotatable bonds is 3. The van der Waals surface area contributed by atoms with Crippen molar-refractivity contribution >= 4 is 6.29 Å². The van der Waals surface area contributed by atoms with Crippen LogP contribution in [0.1, 0.15) is 73.1 Å². The van der Waals surface area contributed by atoms with E-state index in [1.54, 1.807) is 0 Å². The van der Waals surface area contributed by atoms with Crippen molar-refractivity contribution in [2.24, 2.45) is 29.1 Å². The van der Waals surface area contributed by atoms with Gasteiger partial charge in [0.25, 0.3) is 0 Å². The van der Waals surface area contributed by atoms with Gasteiger partial charge in [-0.3, -0.25) is 0 Å². The minimum Gasteiger partial charge on any atom is -0.303 e. The van der Waals surface area contributed by atoms with Crippen LogP contribution in [0.5, 0.6) is 0 Å². The Morgan fingerprint density at radius 1 is 1.28 bits per heavy atom. The van der Waals surface area contributed by atoms with Gasteiger partial charge < -0.3 is 4.79 Å². The minimum atomic E-state index is 0.542. The van der Waals surface area contributed by atoms with Gasteiger partial charge in [-0.05, 0) is 48.3 Å². The van der Waals surface area contributed by atoms with Gasteiger partial charge in [-0.1, -0.05) is 47.5 Å². The van der Waals surface area contributed by atoms with Crippen LogP contribution < -0.4 is 0 Å². The standard InChI is InChI=1S/C15H26O.C2H6/c1-11-5-4-9-15(3)13(11)6-7-14(15)12(2)8-10-16;1-2/h10-14H,4-9H2,1-3H3;1-2H3/t11?,12-,13?,14?,15?;/m1./s1. The van der Waals surface area contributed by atoms with E-state index in [9.17, 15) is 4.79 Å². The maximum atomic E-state index is 10.7. The van der Waals surface area contributed by atoms with E-state index in [1.165, 1.54) is 32.1 Å². The highest BCUT2D eigenvalue weighted by atomic mass is 16.1. The maximum Gasteiger partial charge on any atom is 0.120 e. The van der Waals surface area contributed by atoms with Gasteiger partial charge in [0.15, 0.2) is 0 Å². The lowest BCUT2D eigenvalue weighted by Crippen LogP contribution is -2.38. The van der Waals surface area contributed by atoms with Crippen molar-refractivity contribution < 1.29 is 4.79 Å². The fourth-order valence-corrected chi connectivity index (χ4v) is 4.86. The Morgan fingerprint density at radius 3 is 2.56 bits per heavy atom. The molecule has 0 heterocycles. The molecular formula is C17H32O. The summed E-state index contributed by atoms with van der Waals surface area (Å²) in [5.74, 6) is 3.23. The van der Waals surface area contributed by atoms with Gasteiger partial charge in [0.05, 0.1) is 0 Å². The monoisotopic (exact) mass is 252 g/mol. The summed E-state index contributed by atoms with van der Waals surface area (Å²) in [5.41, 5.74) is 0.542. The molecule has 0 N–H and O–H groups in total. The van der Waals surface area contributed by atoms with Crippen LogP contribution >= 0.6 is 0 Å². The van der Waals surface area contributed by atoms with E-state index in [4.69, 9.17) is 0 Å². The molecule has 2 rings (SSSR count). The van der Waals surface area contributed by atoms with Crippen molar-refractivity contribution in [2.75, 3.05) is 0 Å². The summed E-state index contributed by atoms with van der Waals surface area (Å²) >= 11 is 0. The molecule has 0 radical (unpaired) electrons. The zero-order chi connectivity index (χ0) is 13.8. The Labute approximate surface area is 114 Å². The number of carbonyl (C=O) groups is 1. The van der Waals surface area contributed by atoms with Crippen LogP contribution in [-0.2, 0) is 4.79 Å². The van der Waals surface area contributed by atoms with E-state index >= 15 is 0 Å². The molecule has 0 saturated heterocycles. The lowest BCUT2D eigenvalue weighted by atomic mass is 9.59. The Kier molecular flexibility index (Phi) is 5.88. The average Bonchev–Trinajstić information content (AvgIpc) is 2.71. The second kappa shape index (κ2) is 6.73. The first-order chi connectivity index (χ1) is 8.59. The Balaban J connectivity index is 0.000000771. The molecule has 1 heteroatoms. The molecule has 2 aliphatic rings. The molecule has 2 saturated carbocycles. The Hall–Kier alpha value is -0.330. The van der Waals surface area contributed by atoms with E-state index in [1.807, 2.05) is 13.8 Å². The van der Waals surface area contributed by atoms with Gasteiger partial charge in [-0.2, -0.15) is 0 Å². The molecule has 0 aromatic heterocycles. The predicted octanol–water partition coefficient (Wildman–Crippen LogP) is 5.09. The summed E-state index contributed by atoms with van der Waals surface area (Å²) < 4.78 is 0. The van der Waals surface area contributed by atoms with E-state index in [0.717, 1.165) is 30.5 Å². The van der Waals surface area contributed by atoms with Crippen LogP contribution in [0.15, 0.2) is 0 Å². The lowest BCUT2D eigenvalue weighted by molar-refractivity contribution is -0.109. The molecule has 5 atom stereocenters. The molecule has 2 aliphatic carbocycles. The molecule has 18 heavy (non-hydrogen) atoms. The highest BCUT2D eigenvalue weighted by Gasteiger charge is 2.51. The highest BCUT2D eigenvalue weighted by Crippen LogP contribution is 2.59. The molecule has 0 aliphatic heterocycles. The van der Waals surface area contributed by atoms with Crippen molar-refractivity contribution in [3.63, 3.8) is 0 Å². The zero-order valence-electron chi connectivity index (χ0n) is 13.0. The van der Waals surface area contributed by atoms with Crippen molar-refractivity contribution in [3.8, 4) is 0 Å². The fourth-order valence-electron chi connectivity index (χ4n) is 4.86. The molecule has 0 bridgehead atoms. The smallest absolute Gasteiger partial charge is 0.120 e. The fraction of sp³-hybridized carbons (Fsp3) is 0.941. The van der Waals surface area contributed by atoms with Crippen LogP contribution in [-0.4, -0.2) is 6.29 Å². The van der Waals surface area contributed by atoms with Crippen LogP contribution in [0, 0.1) is 29.1 Å². The second-order valence-corrected chi connectivity index (χ2v) is 6.55. The number of carbonyl (C=O) groups excluding carboxylic acids is 1. The van der Waals surface area contributed by atoms with Crippen LogP contribution in [0.25, 0.3) is 0 Å². The molecule has 106 valence electrons. The summed E-state index contributed by atoms with van der Waals surface area (Å²) in [4.78, 5) is 10.7. The van der Waals surface area contributed by atoms with Gasteiger partial charge in [0.1, 0.15) is 6.29 Å². The number of fused-ring (bicyclic) bond motifs is 1. The predicted molar refractivity (Wildman–Crippen MR) is 78.5 cm³/mol. The summed E-state index contributed by atoms with van der Waals surface area (Å²) in [7, 11) is 0. The molecule has 1 nitrogen and oxygen atoms in total. The van der Waals surface area contributed by atoms with Crippen molar-refractivity contribution in [1.82, 2.24) is 0 Å². The first-order valence-electron chi connectivity index (χ1n) is 8.03. The average molecular weight is 252 g/mol. The SMILES string of the molecule is CC.CC1CCCC2(C)C1CCC2[C@H](C)CC=O. The third-order valence-electron chi connectivity index (χ3n) is 5.70. The van der Waals surface area contributed by atoms with Crippen molar-refractivity contribution in [2.45, 2.75) is 73.1 Å². The van der Waals surface area contributed by atoms with Gasteiger partial charge in [0.2, 0.25) is 0 Å². The maximum absolute atomic E-state index is 10.7. The first-order valence-corrected chi connectivity index (χ1v) is 8.03. The summed E-state index contributed by atoms with van der Waals surface area (Å²) in [6.45, 7) is 11.2. The van der Waals surface area contributed by atoms with Gasteiger partial charge in [0, 0.05) is 6.42 Å². The van der Waals surface area contributed by atoms with Crippen LogP contribution in [0.2, 0.25) is 0 Å². The van der Waals surface area contributed by atoms with Gasteiger partial charge in [-0.15, -0.1) is 0 Å². The Bertz CT molecular complexity index is 260. The molecular weight excluding hydrogens is 220 g/mol. The number of aldehydes is 1. The molecule has 2 fully saturated rings. The van der Waals surface area contributed by atoms with Crippen LogP contribution in [0.3, 0.4) is 0 Å². The minimum absolute atomic E-state index is 0.542. The molecule has 0 aromatic rings. The van der Waals surface area contributed by atoms with Gasteiger partial charge >= 0.3 is 0 Å². The quantitative estimate of drug-likeness (QED) is 0.639. The van der Waals surface area contributed by atoms with E-state index in [2.05, 4.69) is 20.8 Å².